The molecule has 0 fully saturated rings. The van der Waals surface area contributed by atoms with Crippen molar-refractivity contribution in [3.05, 3.63) is 53.2 Å². The highest BCUT2D eigenvalue weighted by Crippen LogP contribution is 2.18. The van der Waals surface area contributed by atoms with Crippen molar-refractivity contribution in [2.24, 2.45) is 5.73 Å². The van der Waals surface area contributed by atoms with E-state index in [1.807, 2.05) is 44.3 Å². The number of aromatic nitrogens is 1. The molecular formula is C16H19N3OS. The number of ether oxygens (including phenoxy) is 1. The van der Waals surface area contributed by atoms with Crippen LogP contribution in [0, 0.1) is 6.92 Å². The van der Waals surface area contributed by atoms with Gasteiger partial charge in [-0.05, 0) is 36.8 Å². The summed E-state index contributed by atoms with van der Waals surface area (Å²) in [5.41, 5.74) is 8.59. The van der Waals surface area contributed by atoms with Gasteiger partial charge in [-0.3, -0.25) is 0 Å². The molecule has 1 heterocycles. The Labute approximate surface area is 130 Å². The van der Waals surface area contributed by atoms with Crippen molar-refractivity contribution in [1.82, 2.24) is 4.98 Å². The molecule has 0 amide bonds. The first-order valence-electron chi connectivity index (χ1n) is 6.62. The van der Waals surface area contributed by atoms with Crippen molar-refractivity contribution in [1.29, 1.82) is 0 Å². The highest BCUT2D eigenvalue weighted by Gasteiger charge is 2.08. The lowest BCUT2D eigenvalue weighted by Crippen LogP contribution is -2.19. The third kappa shape index (κ3) is 3.92. The van der Waals surface area contributed by atoms with Gasteiger partial charge in [0.25, 0.3) is 0 Å². The molecule has 0 aliphatic heterocycles. The number of thiocarbonyl (C=S) groups is 1. The number of hydrogen-bond donors (Lipinski definition) is 1. The number of pyridine rings is 1. The number of aryl methyl sites for hydroxylation is 1. The van der Waals surface area contributed by atoms with Gasteiger partial charge in [0.2, 0.25) is 0 Å². The lowest BCUT2D eigenvalue weighted by molar-refractivity contribution is 0.414. The van der Waals surface area contributed by atoms with Crippen LogP contribution in [0.2, 0.25) is 0 Å². The van der Waals surface area contributed by atoms with Crippen LogP contribution in [0.15, 0.2) is 36.4 Å². The van der Waals surface area contributed by atoms with Crippen LogP contribution in [0.25, 0.3) is 0 Å². The predicted octanol–water partition coefficient (Wildman–Crippen LogP) is 2.67. The molecule has 0 radical (unpaired) electrons. The second-order valence-electron chi connectivity index (χ2n) is 4.93. The molecule has 110 valence electrons. The molecule has 21 heavy (non-hydrogen) atoms. The van der Waals surface area contributed by atoms with Gasteiger partial charge in [0.05, 0.1) is 7.11 Å². The van der Waals surface area contributed by atoms with Crippen molar-refractivity contribution in [3.8, 4) is 5.75 Å². The van der Waals surface area contributed by atoms with E-state index in [1.165, 1.54) is 0 Å². The highest BCUT2D eigenvalue weighted by molar-refractivity contribution is 7.80. The summed E-state index contributed by atoms with van der Waals surface area (Å²) in [4.78, 5) is 6.98. The van der Waals surface area contributed by atoms with Gasteiger partial charge in [0.15, 0.2) is 0 Å². The van der Waals surface area contributed by atoms with Gasteiger partial charge in [-0.25, -0.2) is 4.98 Å². The second kappa shape index (κ2) is 6.54. The van der Waals surface area contributed by atoms with Crippen molar-refractivity contribution in [2.75, 3.05) is 19.1 Å². The standard InChI is InChI=1S/C16H19N3OS/c1-11-7-13(16(17)21)9-15(18-11)19(2)10-12-5-4-6-14(8-12)20-3/h4-9H,10H2,1-3H3,(H2,17,21). The minimum Gasteiger partial charge on any atom is -0.497 e. The topological polar surface area (TPSA) is 51.4 Å². The molecule has 2 rings (SSSR count). The van der Waals surface area contributed by atoms with Crippen LogP contribution in [-0.2, 0) is 6.54 Å². The van der Waals surface area contributed by atoms with Gasteiger partial charge in [0.1, 0.15) is 16.6 Å². The van der Waals surface area contributed by atoms with Crippen LogP contribution < -0.4 is 15.4 Å². The largest absolute Gasteiger partial charge is 0.497 e. The van der Waals surface area contributed by atoms with E-state index in [0.29, 0.717) is 4.99 Å². The predicted molar refractivity (Wildman–Crippen MR) is 90.0 cm³/mol. The summed E-state index contributed by atoms with van der Waals surface area (Å²) in [5.74, 6) is 1.70. The SMILES string of the molecule is COc1cccc(CN(C)c2cc(C(N)=S)cc(C)n2)c1. The fourth-order valence-corrected chi connectivity index (χ4v) is 2.23. The Balaban J connectivity index is 2.23. The van der Waals surface area contributed by atoms with Crippen molar-refractivity contribution in [3.63, 3.8) is 0 Å². The molecule has 0 atom stereocenters. The van der Waals surface area contributed by atoms with Crippen molar-refractivity contribution < 1.29 is 4.74 Å². The Morgan fingerprint density at radius 1 is 1.33 bits per heavy atom. The molecule has 0 spiro atoms. The molecule has 2 aromatic rings. The van der Waals surface area contributed by atoms with Gasteiger partial charge >= 0.3 is 0 Å². The zero-order valence-corrected chi connectivity index (χ0v) is 13.3. The third-order valence-electron chi connectivity index (χ3n) is 3.17. The van der Waals surface area contributed by atoms with Gasteiger partial charge < -0.3 is 15.4 Å². The first-order chi connectivity index (χ1) is 9.99. The highest BCUT2D eigenvalue weighted by atomic mass is 32.1. The average Bonchev–Trinajstić information content (AvgIpc) is 2.46. The number of nitrogens with zero attached hydrogens (tertiary/aromatic N) is 2. The molecule has 5 heteroatoms. The monoisotopic (exact) mass is 301 g/mol. The lowest BCUT2D eigenvalue weighted by Gasteiger charge is -2.20. The number of nitrogens with two attached hydrogens (primary N) is 1. The maximum absolute atomic E-state index is 5.71. The minimum atomic E-state index is 0.386. The van der Waals surface area contributed by atoms with E-state index in [0.717, 1.165) is 34.9 Å². The van der Waals surface area contributed by atoms with Crippen LogP contribution in [-0.4, -0.2) is 24.1 Å². The molecule has 4 nitrogen and oxygen atoms in total. The lowest BCUT2D eigenvalue weighted by atomic mass is 10.2. The fraction of sp³-hybridized carbons (Fsp3) is 0.250. The molecule has 0 bridgehead atoms. The molecule has 0 aliphatic rings. The van der Waals surface area contributed by atoms with Crippen LogP contribution in [0.4, 0.5) is 5.82 Å². The zero-order chi connectivity index (χ0) is 15.4. The van der Waals surface area contributed by atoms with E-state index in [2.05, 4.69) is 16.0 Å². The molecule has 0 unspecified atom stereocenters. The summed E-state index contributed by atoms with van der Waals surface area (Å²) >= 11 is 5.05. The third-order valence-corrected chi connectivity index (χ3v) is 3.41. The molecule has 0 saturated carbocycles. The summed E-state index contributed by atoms with van der Waals surface area (Å²) in [5, 5.41) is 0. The summed E-state index contributed by atoms with van der Waals surface area (Å²) in [6.07, 6.45) is 0. The molecule has 0 saturated heterocycles. The maximum atomic E-state index is 5.71. The maximum Gasteiger partial charge on any atom is 0.129 e. The summed E-state index contributed by atoms with van der Waals surface area (Å²) in [6, 6.07) is 11.8. The van der Waals surface area contributed by atoms with Crippen molar-refractivity contribution in [2.45, 2.75) is 13.5 Å². The van der Waals surface area contributed by atoms with Crippen LogP contribution in [0.5, 0.6) is 5.75 Å². The Morgan fingerprint density at radius 3 is 2.76 bits per heavy atom. The molecular weight excluding hydrogens is 282 g/mol. The van der Waals surface area contributed by atoms with Gasteiger partial charge in [0, 0.05) is 24.8 Å². The number of rotatable bonds is 5. The molecule has 1 aromatic heterocycles. The van der Waals surface area contributed by atoms with E-state index < -0.39 is 0 Å². The second-order valence-corrected chi connectivity index (χ2v) is 5.37. The van der Waals surface area contributed by atoms with E-state index in [4.69, 9.17) is 22.7 Å². The normalized spacial score (nSPS) is 10.2. The molecule has 0 aliphatic carbocycles. The van der Waals surface area contributed by atoms with Crippen molar-refractivity contribution >= 4 is 23.0 Å². The number of benzene rings is 1. The molecule has 1 aromatic carbocycles. The van der Waals surface area contributed by atoms with Crippen LogP contribution in [0.1, 0.15) is 16.8 Å². The zero-order valence-electron chi connectivity index (χ0n) is 12.5. The van der Waals surface area contributed by atoms with Gasteiger partial charge in [-0.2, -0.15) is 0 Å². The summed E-state index contributed by atoms with van der Waals surface area (Å²) in [7, 11) is 3.66. The number of hydrogen-bond acceptors (Lipinski definition) is 4. The van der Waals surface area contributed by atoms with E-state index in [-0.39, 0.29) is 0 Å². The van der Waals surface area contributed by atoms with E-state index in [1.54, 1.807) is 7.11 Å². The van der Waals surface area contributed by atoms with E-state index in [9.17, 15) is 0 Å². The minimum absolute atomic E-state index is 0.386. The van der Waals surface area contributed by atoms with Gasteiger partial charge in [-0.1, -0.05) is 24.4 Å². The van der Waals surface area contributed by atoms with Crippen LogP contribution >= 0.6 is 12.2 Å². The smallest absolute Gasteiger partial charge is 0.129 e. The average molecular weight is 301 g/mol. The van der Waals surface area contributed by atoms with Gasteiger partial charge in [-0.15, -0.1) is 0 Å². The Bertz CT molecular complexity index is 658. The first kappa shape index (κ1) is 15.3. The summed E-state index contributed by atoms with van der Waals surface area (Å²) in [6.45, 7) is 2.66. The number of methoxy groups -OCH3 is 1. The Morgan fingerprint density at radius 2 is 2.10 bits per heavy atom. The first-order valence-corrected chi connectivity index (χ1v) is 7.03. The number of anilines is 1. The summed E-state index contributed by atoms with van der Waals surface area (Å²) < 4.78 is 5.24. The Kier molecular flexibility index (Phi) is 4.75. The molecule has 2 N–H and O–H groups in total. The van der Waals surface area contributed by atoms with Crippen LogP contribution in [0.3, 0.4) is 0 Å². The quantitative estimate of drug-likeness (QED) is 0.861. The Hall–Kier alpha value is -2.14. The fourth-order valence-electron chi connectivity index (χ4n) is 2.11. The van der Waals surface area contributed by atoms with E-state index >= 15 is 0 Å².